The second-order valence-corrected chi connectivity index (χ2v) is 5.52. The summed E-state index contributed by atoms with van der Waals surface area (Å²) in [5, 5.41) is 5.05. The number of amides is 1. The summed E-state index contributed by atoms with van der Waals surface area (Å²) in [5.41, 5.74) is 0.563. The molecule has 1 unspecified atom stereocenters. The number of thiophene rings is 1. The second-order valence-electron chi connectivity index (χ2n) is 3.79. The number of nitrogens with one attached hydrogen (secondary N) is 1. The van der Waals surface area contributed by atoms with Crippen LogP contribution in [0, 0.1) is 0 Å². The molecule has 2 aromatic rings. The van der Waals surface area contributed by atoms with E-state index in [1.54, 1.807) is 29.7 Å². The molecular formula is C13H13BrN2OS. The molecule has 0 aromatic carbocycles. The maximum absolute atomic E-state index is 12.2. The van der Waals surface area contributed by atoms with E-state index in [1.807, 2.05) is 17.5 Å². The van der Waals surface area contributed by atoms with E-state index in [2.05, 4.69) is 33.2 Å². The summed E-state index contributed by atoms with van der Waals surface area (Å²) in [6, 6.07) is 7.61. The zero-order chi connectivity index (χ0) is 13.0. The molecule has 3 nitrogen and oxygen atoms in total. The van der Waals surface area contributed by atoms with Crippen LogP contribution in [0.4, 0.5) is 0 Å². The number of pyridine rings is 1. The molecule has 2 aromatic heterocycles. The van der Waals surface area contributed by atoms with Crippen molar-refractivity contribution in [2.45, 2.75) is 19.4 Å². The highest BCUT2D eigenvalue weighted by atomic mass is 79.9. The Labute approximate surface area is 118 Å². The summed E-state index contributed by atoms with van der Waals surface area (Å²) >= 11 is 4.94. The molecule has 94 valence electrons. The molecular weight excluding hydrogens is 312 g/mol. The fourth-order valence-electron chi connectivity index (χ4n) is 1.66. The Kier molecular flexibility index (Phi) is 4.49. The molecule has 0 saturated carbocycles. The standard InChI is InChI=1S/C13H13BrN2OS/c1-2-10(11-6-4-8-18-11)16-13(17)9-5-3-7-15-12(9)14/h3-8,10H,2H2,1H3,(H,16,17). The van der Waals surface area contributed by atoms with E-state index in [-0.39, 0.29) is 11.9 Å². The summed E-state index contributed by atoms with van der Waals surface area (Å²) in [5.74, 6) is -0.102. The fraction of sp³-hybridized carbons (Fsp3) is 0.231. The Morgan fingerprint density at radius 3 is 2.94 bits per heavy atom. The van der Waals surface area contributed by atoms with Gasteiger partial charge in [0, 0.05) is 11.1 Å². The van der Waals surface area contributed by atoms with Crippen LogP contribution >= 0.6 is 27.3 Å². The van der Waals surface area contributed by atoms with Crippen molar-refractivity contribution in [3.8, 4) is 0 Å². The minimum Gasteiger partial charge on any atom is -0.344 e. The van der Waals surface area contributed by atoms with Crippen LogP contribution in [0.5, 0.6) is 0 Å². The zero-order valence-electron chi connectivity index (χ0n) is 9.89. The van der Waals surface area contributed by atoms with Crippen molar-refractivity contribution >= 4 is 33.2 Å². The predicted octanol–water partition coefficient (Wildman–Crippen LogP) is 3.79. The van der Waals surface area contributed by atoms with Crippen molar-refractivity contribution in [2.75, 3.05) is 0 Å². The van der Waals surface area contributed by atoms with E-state index >= 15 is 0 Å². The highest BCUT2D eigenvalue weighted by molar-refractivity contribution is 9.10. The highest BCUT2D eigenvalue weighted by Crippen LogP contribution is 2.22. The molecule has 2 rings (SSSR count). The van der Waals surface area contributed by atoms with E-state index in [0.717, 1.165) is 6.42 Å². The first-order valence-electron chi connectivity index (χ1n) is 5.67. The molecule has 0 fully saturated rings. The van der Waals surface area contributed by atoms with E-state index < -0.39 is 0 Å². The van der Waals surface area contributed by atoms with Crippen molar-refractivity contribution in [1.29, 1.82) is 0 Å². The van der Waals surface area contributed by atoms with Crippen LogP contribution in [0.1, 0.15) is 34.6 Å². The maximum Gasteiger partial charge on any atom is 0.254 e. The third kappa shape index (κ3) is 2.97. The molecule has 1 N–H and O–H groups in total. The monoisotopic (exact) mass is 324 g/mol. The van der Waals surface area contributed by atoms with Crippen LogP contribution in [0.3, 0.4) is 0 Å². The number of aromatic nitrogens is 1. The largest absolute Gasteiger partial charge is 0.344 e. The van der Waals surface area contributed by atoms with Gasteiger partial charge in [0.1, 0.15) is 4.60 Å². The van der Waals surface area contributed by atoms with Gasteiger partial charge < -0.3 is 5.32 Å². The number of carbonyl (C=O) groups is 1. The summed E-state index contributed by atoms with van der Waals surface area (Å²) in [4.78, 5) is 17.4. The lowest BCUT2D eigenvalue weighted by molar-refractivity contribution is 0.0935. The topological polar surface area (TPSA) is 42.0 Å². The van der Waals surface area contributed by atoms with Gasteiger partial charge in [-0.3, -0.25) is 4.79 Å². The molecule has 0 aliphatic heterocycles. The van der Waals surface area contributed by atoms with Crippen molar-refractivity contribution in [1.82, 2.24) is 10.3 Å². The lowest BCUT2D eigenvalue weighted by Gasteiger charge is -2.15. The Morgan fingerprint density at radius 1 is 1.50 bits per heavy atom. The molecule has 0 spiro atoms. The van der Waals surface area contributed by atoms with Gasteiger partial charge >= 0.3 is 0 Å². The lowest BCUT2D eigenvalue weighted by Crippen LogP contribution is -2.28. The smallest absolute Gasteiger partial charge is 0.254 e. The molecule has 1 amide bonds. The predicted molar refractivity (Wildman–Crippen MR) is 76.8 cm³/mol. The van der Waals surface area contributed by atoms with Crippen molar-refractivity contribution in [3.05, 3.63) is 50.9 Å². The summed E-state index contributed by atoms with van der Waals surface area (Å²) in [6.45, 7) is 2.06. The molecule has 18 heavy (non-hydrogen) atoms. The first kappa shape index (κ1) is 13.2. The average Bonchev–Trinajstić information content (AvgIpc) is 2.90. The first-order valence-corrected chi connectivity index (χ1v) is 7.34. The van der Waals surface area contributed by atoms with E-state index in [9.17, 15) is 4.79 Å². The summed E-state index contributed by atoms with van der Waals surface area (Å²) in [7, 11) is 0. The third-order valence-corrected chi connectivity index (χ3v) is 4.22. The van der Waals surface area contributed by atoms with Gasteiger partial charge in [0.15, 0.2) is 0 Å². The van der Waals surface area contributed by atoms with Crippen LogP contribution in [0.15, 0.2) is 40.4 Å². The van der Waals surface area contributed by atoms with Gasteiger partial charge in [0.25, 0.3) is 5.91 Å². The van der Waals surface area contributed by atoms with Gasteiger partial charge in [0.05, 0.1) is 11.6 Å². The Balaban J connectivity index is 2.14. The van der Waals surface area contributed by atoms with E-state index in [4.69, 9.17) is 0 Å². The van der Waals surface area contributed by atoms with Crippen LogP contribution in [-0.2, 0) is 0 Å². The highest BCUT2D eigenvalue weighted by Gasteiger charge is 2.16. The quantitative estimate of drug-likeness (QED) is 0.869. The number of carbonyl (C=O) groups excluding carboxylic acids is 1. The van der Waals surface area contributed by atoms with Crippen LogP contribution < -0.4 is 5.32 Å². The van der Waals surface area contributed by atoms with Crippen LogP contribution in [0.2, 0.25) is 0 Å². The number of nitrogens with zero attached hydrogens (tertiary/aromatic N) is 1. The lowest BCUT2D eigenvalue weighted by atomic mass is 10.1. The Hall–Kier alpha value is -1.20. The van der Waals surface area contributed by atoms with Gasteiger partial charge in [-0.15, -0.1) is 11.3 Å². The molecule has 0 radical (unpaired) electrons. The molecule has 0 aliphatic rings. The Bertz CT molecular complexity index is 528. The molecule has 0 aliphatic carbocycles. The molecule has 5 heteroatoms. The van der Waals surface area contributed by atoms with Gasteiger partial charge in [-0.05, 0) is 45.9 Å². The maximum atomic E-state index is 12.2. The van der Waals surface area contributed by atoms with E-state index in [1.165, 1.54) is 4.88 Å². The van der Waals surface area contributed by atoms with Gasteiger partial charge in [-0.2, -0.15) is 0 Å². The number of hydrogen-bond acceptors (Lipinski definition) is 3. The van der Waals surface area contributed by atoms with Gasteiger partial charge in [-0.25, -0.2) is 4.98 Å². The van der Waals surface area contributed by atoms with Gasteiger partial charge in [-0.1, -0.05) is 13.0 Å². The third-order valence-electron chi connectivity index (χ3n) is 2.60. The van der Waals surface area contributed by atoms with Gasteiger partial charge in [0.2, 0.25) is 0 Å². The fourth-order valence-corrected chi connectivity index (χ4v) is 2.95. The number of rotatable bonds is 4. The van der Waals surface area contributed by atoms with Crippen LogP contribution in [-0.4, -0.2) is 10.9 Å². The minimum atomic E-state index is -0.102. The second kappa shape index (κ2) is 6.11. The van der Waals surface area contributed by atoms with Crippen LogP contribution in [0.25, 0.3) is 0 Å². The van der Waals surface area contributed by atoms with Crippen molar-refractivity contribution in [2.24, 2.45) is 0 Å². The zero-order valence-corrected chi connectivity index (χ0v) is 12.3. The number of hydrogen-bond donors (Lipinski definition) is 1. The number of halogens is 1. The first-order chi connectivity index (χ1) is 8.72. The summed E-state index contributed by atoms with van der Waals surface area (Å²) in [6.07, 6.45) is 2.52. The average molecular weight is 325 g/mol. The summed E-state index contributed by atoms with van der Waals surface area (Å²) < 4.78 is 0.573. The SMILES string of the molecule is CCC(NC(=O)c1cccnc1Br)c1cccs1. The molecule has 0 bridgehead atoms. The van der Waals surface area contributed by atoms with Crippen molar-refractivity contribution < 1.29 is 4.79 Å². The normalized spacial score (nSPS) is 12.1. The molecule has 1 atom stereocenters. The van der Waals surface area contributed by atoms with Crippen molar-refractivity contribution in [3.63, 3.8) is 0 Å². The Morgan fingerprint density at radius 2 is 2.33 bits per heavy atom. The molecule has 2 heterocycles. The molecule has 0 saturated heterocycles. The minimum absolute atomic E-state index is 0.0598. The van der Waals surface area contributed by atoms with E-state index in [0.29, 0.717) is 10.2 Å².